The lowest BCUT2D eigenvalue weighted by Gasteiger charge is -2.28. The highest BCUT2D eigenvalue weighted by molar-refractivity contribution is 6.02. The zero-order valence-electron chi connectivity index (χ0n) is 18.5. The van der Waals surface area contributed by atoms with Gasteiger partial charge in [-0.25, -0.2) is 9.78 Å². The van der Waals surface area contributed by atoms with E-state index in [1.807, 2.05) is 56.9 Å². The van der Waals surface area contributed by atoms with Crippen LogP contribution < -0.4 is 10.2 Å². The third kappa shape index (κ3) is 4.78. The van der Waals surface area contributed by atoms with Crippen molar-refractivity contribution in [2.24, 2.45) is 5.92 Å². The summed E-state index contributed by atoms with van der Waals surface area (Å²) in [5.41, 5.74) is 1.54. The quantitative estimate of drug-likeness (QED) is 0.813. The van der Waals surface area contributed by atoms with Gasteiger partial charge in [-0.1, -0.05) is 12.1 Å². The molecule has 2 aliphatic rings. The Balaban J connectivity index is 1.44. The number of amides is 2. The first-order valence-corrected chi connectivity index (χ1v) is 10.6. The maximum Gasteiger partial charge on any atom is 0.410 e. The molecule has 3 heterocycles. The third-order valence-electron chi connectivity index (χ3n) is 5.63. The van der Waals surface area contributed by atoms with E-state index in [4.69, 9.17) is 4.74 Å². The maximum absolute atomic E-state index is 12.7. The summed E-state index contributed by atoms with van der Waals surface area (Å²) in [6, 6.07) is 7.70. The first kappa shape index (κ1) is 21.1. The van der Waals surface area contributed by atoms with Crippen LogP contribution in [0.15, 0.2) is 36.7 Å². The van der Waals surface area contributed by atoms with Crippen LogP contribution in [0, 0.1) is 12.8 Å². The fourth-order valence-corrected chi connectivity index (χ4v) is 4.23. The first-order chi connectivity index (χ1) is 14.7. The lowest BCUT2D eigenvalue weighted by Crippen LogP contribution is -2.42. The second-order valence-electron chi connectivity index (χ2n) is 9.28. The molecule has 164 valence electrons. The minimum atomic E-state index is -0.516. The van der Waals surface area contributed by atoms with Gasteiger partial charge in [0.05, 0.1) is 18.4 Å². The van der Waals surface area contributed by atoms with Gasteiger partial charge in [0.1, 0.15) is 17.1 Å². The van der Waals surface area contributed by atoms with Crippen molar-refractivity contribution in [2.45, 2.75) is 45.8 Å². The lowest BCUT2D eigenvalue weighted by molar-refractivity contribution is 0.0229. The van der Waals surface area contributed by atoms with Crippen molar-refractivity contribution in [3.05, 3.63) is 47.9 Å². The Bertz CT molecular complexity index is 987. The molecule has 2 aromatic rings. The third-order valence-corrected chi connectivity index (χ3v) is 5.63. The SMILES string of the molecule is Cc1cccc(NC(=O)c2cncc(N3C[C@@H]4CCN(C(=O)OC(C)(C)C)[C@@H]4C3)n2)c1. The highest BCUT2D eigenvalue weighted by atomic mass is 16.6. The van der Waals surface area contributed by atoms with Crippen molar-refractivity contribution in [3.63, 3.8) is 0 Å². The van der Waals surface area contributed by atoms with Gasteiger partial charge in [-0.3, -0.25) is 9.78 Å². The molecule has 8 nitrogen and oxygen atoms in total. The van der Waals surface area contributed by atoms with E-state index >= 15 is 0 Å². The van der Waals surface area contributed by atoms with Gasteiger partial charge in [-0.05, 0) is 51.8 Å². The topological polar surface area (TPSA) is 87.7 Å². The predicted molar refractivity (Wildman–Crippen MR) is 118 cm³/mol. The van der Waals surface area contributed by atoms with E-state index < -0.39 is 5.60 Å². The molecule has 0 aliphatic carbocycles. The molecule has 31 heavy (non-hydrogen) atoms. The molecule has 1 aromatic carbocycles. The number of hydrogen-bond acceptors (Lipinski definition) is 6. The van der Waals surface area contributed by atoms with Crippen molar-refractivity contribution in [3.8, 4) is 0 Å². The number of ether oxygens (including phenoxy) is 1. The number of likely N-dealkylation sites (tertiary alicyclic amines) is 1. The highest BCUT2D eigenvalue weighted by Crippen LogP contribution is 2.34. The predicted octanol–water partition coefficient (Wildman–Crippen LogP) is 3.48. The van der Waals surface area contributed by atoms with Crippen LogP contribution >= 0.6 is 0 Å². The van der Waals surface area contributed by atoms with Gasteiger partial charge in [0, 0.05) is 31.2 Å². The molecule has 1 N–H and O–H groups in total. The smallest absolute Gasteiger partial charge is 0.410 e. The summed E-state index contributed by atoms with van der Waals surface area (Å²) in [5.74, 6) is 0.712. The molecule has 1 aromatic heterocycles. The van der Waals surface area contributed by atoms with Crippen molar-refractivity contribution in [1.29, 1.82) is 0 Å². The van der Waals surface area contributed by atoms with Gasteiger partial charge < -0.3 is 19.9 Å². The molecule has 0 saturated carbocycles. The van der Waals surface area contributed by atoms with Crippen LogP contribution in [0.4, 0.5) is 16.3 Å². The molecule has 2 aliphatic heterocycles. The number of carbonyl (C=O) groups excluding carboxylic acids is 2. The van der Waals surface area contributed by atoms with Crippen molar-refractivity contribution in [2.75, 3.05) is 29.9 Å². The number of rotatable bonds is 3. The van der Waals surface area contributed by atoms with E-state index in [1.54, 1.807) is 6.20 Å². The Morgan fingerprint density at radius 1 is 1.19 bits per heavy atom. The summed E-state index contributed by atoms with van der Waals surface area (Å²) in [6.07, 6.45) is 3.81. The molecule has 0 unspecified atom stereocenters. The van der Waals surface area contributed by atoms with Crippen LogP contribution in [0.5, 0.6) is 0 Å². The molecule has 0 spiro atoms. The zero-order valence-corrected chi connectivity index (χ0v) is 18.5. The number of anilines is 2. The minimum absolute atomic E-state index is 0.0847. The molecule has 0 radical (unpaired) electrons. The van der Waals surface area contributed by atoms with E-state index in [0.29, 0.717) is 24.8 Å². The summed E-state index contributed by atoms with van der Waals surface area (Å²) in [5, 5.41) is 2.87. The Kier molecular flexibility index (Phi) is 5.56. The fourth-order valence-electron chi connectivity index (χ4n) is 4.23. The Morgan fingerprint density at radius 3 is 2.74 bits per heavy atom. The summed E-state index contributed by atoms with van der Waals surface area (Å²) in [7, 11) is 0. The van der Waals surface area contributed by atoms with Crippen LogP contribution in [0.1, 0.15) is 43.2 Å². The van der Waals surface area contributed by atoms with Crippen LogP contribution in [0.3, 0.4) is 0 Å². The Hall–Kier alpha value is -3.16. The average molecular weight is 424 g/mol. The van der Waals surface area contributed by atoms with Crippen LogP contribution in [0.25, 0.3) is 0 Å². The number of carbonyl (C=O) groups is 2. The molecule has 2 saturated heterocycles. The zero-order chi connectivity index (χ0) is 22.2. The van der Waals surface area contributed by atoms with Crippen molar-refractivity contribution >= 4 is 23.5 Å². The number of nitrogens with zero attached hydrogens (tertiary/aromatic N) is 4. The van der Waals surface area contributed by atoms with Gasteiger partial charge >= 0.3 is 6.09 Å². The van der Waals surface area contributed by atoms with Crippen molar-refractivity contribution in [1.82, 2.24) is 14.9 Å². The van der Waals surface area contributed by atoms with E-state index in [-0.39, 0.29) is 23.7 Å². The second-order valence-corrected chi connectivity index (χ2v) is 9.28. The minimum Gasteiger partial charge on any atom is -0.444 e. The molecule has 4 rings (SSSR count). The number of aromatic nitrogens is 2. The van der Waals surface area contributed by atoms with Crippen LogP contribution in [0.2, 0.25) is 0 Å². The molecule has 2 atom stereocenters. The average Bonchev–Trinajstić information content (AvgIpc) is 3.27. The fraction of sp³-hybridized carbons (Fsp3) is 0.478. The Morgan fingerprint density at radius 2 is 2.00 bits per heavy atom. The standard InChI is InChI=1S/C23H29N5O3/c1-15-6-5-7-17(10-15)25-21(29)18-11-24-12-20(26-18)27-13-16-8-9-28(19(16)14-27)22(30)31-23(2,3)4/h5-7,10-12,16,19H,8-9,13-14H2,1-4H3,(H,25,29)/t16-,19+/m0/s1. The molecular formula is C23H29N5O3. The van der Waals surface area contributed by atoms with Gasteiger partial charge in [0.15, 0.2) is 0 Å². The molecule has 2 fully saturated rings. The maximum atomic E-state index is 12.7. The van der Waals surface area contributed by atoms with Crippen LogP contribution in [-0.2, 0) is 4.74 Å². The lowest BCUT2D eigenvalue weighted by atomic mass is 10.1. The summed E-state index contributed by atoms with van der Waals surface area (Å²) < 4.78 is 5.57. The summed E-state index contributed by atoms with van der Waals surface area (Å²) in [6.45, 7) is 9.75. The van der Waals surface area contributed by atoms with Crippen molar-refractivity contribution < 1.29 is 14.3 Å². The summed E-state index contributed by atoms with van der Waals surface area (Å²) in [4.78, 5) is 38.0. The van der Waals surface area contributed by atoms with Gasteiger partial charge in [-0.15, -0.1) is 0 Å². The number of aryl methyl sites for hydroxylation is 1. The second kappa shape index (κ2) is 8.17. The summed E-state index contributed by atoms with van der Waals surface area (Å²) >= 11 is 0. The first-order valence-electron chi connectivity index (χ1n) is 10.6. The van der Waals surface area contributed by atoms with E-state index in [1.165, 1.54) is 6.20 Å². The number of hydrogen-bond donors (Lipinski definition) is 1. The number of nitrogens with one attached hydrogen (secondary N) is 1. The van der Waals surface area contributed by atoms with Crippen LogP contribution in [-0.4, -0.2) is 58.1 Å². The number of fused-ring (bicyclic) bond motifs is 1. The van der Waals surface area contributed by atoms with Gasteiger partial charge in [0.2, 0.25) is 0 Å². The molecule has 0 bridgehead atoms. The van der Waals surface area contributed by atoms with E-state index in [9.17, 15) is 9.59 Å². The highest BCUT2D eigenvalue weighted by Gasteiger charge is 2.45. The molecule has 2 amide bonds. The normalized spacial score (nSPS) is 20.5. The monoisotopic (exact) mass is 423 g/mol. The Labute approximate surface area is 182 Å². The van der Waals surface area contributed by atoms with Gasteiger partial charge in [0.25, 0.3) is 5.91 Å². The molecule has 8 heteroatoms. The molecular weight excluding hydrogens is 394 g/mol. The van der Waals surface area contributed by atoms with E-state index in [2.05, 4.69) is 20.2 Å². The number of benzene rings is 1. The van der Waals surface area contributed by atoms with E-state index in [0.717, 1.165) is 24.2 Å². The largest absolute Gasteiger partial charge is 0.444 e. The van der Waals surface area contributed by atoms with Gasteiger partial charge in [-0.2, -0.15) is 0 Å².